The van der Waals surface area contributed by atoms with E-state index in [1.165, 1.54) is 0 Å². The molecule has 0 heterocycles. The molecule has 12 atom stereocenters. The van der Waals surface area contributed by atoms with Crippen molar-refractivity contribution in [3.63, 3.8) is 0 Å². The maximum absolute atomic E-state index is 13.3. The van der Waals surface area contributed by atoms with Crippen LogP contribution >= 0.6 is 0 Å². The van der Waals surface area contributed by atoms with Gasteiger partial charge in [0.2, 0.25) is 18.3 Å². The number of hydrogen-bond acceptors (Lipinski definition) is 14. The molecule has 0 bridgehead atoms. The predicted octanol–water partition coefficient (Wildman–Crippen LogP) is 0.246. The van der Waals surface area contributed by atoms with Gasteiger partial charge in [0.15, 0.2) is 6.10 Å². The molecule has 6 N–H and O–H groups in total. The van der Waals surface area contributed by atoms with Crippen LogP contribution in [0.5, 0.6) is 0 Å². The van der Waals surface area contributed by atoms with E-state index in [0.29, 0.717) is 25.7 Å². The Kier molecular flexibility index (Phi) is 19.5. The molecular weight excluding hydrogens is 584 g/mol. The third-order valence-electron chi connectivity index (χ3n) is 8.05. The highest BCUT2D eigenvalue weighted by molar-refractivity contribution is 5.86. The van der Waals surface area contributed by atoms with Crippen molar-refractivity contribution in [3.05, 3.63) is 0 Å². The van der Waals surface area contributed by atoms with E-state index in [2.05, 4.69) is 0 Å². The minimum atomic E-state index is -1.97. The molecule has 0 aromatic rings. The van der Waals surface area contributed by atoms with Gasteiger partial charge in [-0.25, -0.2) is 19.2 Å². The average molecular weight is 639 g/mol. The van der Waals surface area contributed by atoms with Crippen LogP contribution in [0.4, 0.5) is 0 Å². The fraction of sp³-hybridized carbons (Fsp3) is 0.867. The third kappa shape index (κ3) is 12.6. The summed E-state index contributed by atoms with van der Waals surface area (Å²) in [7, 11) is 0. The Morgan fingerprint density at radius 2 is 0.864 bits per heavy atom. The summed E-state index contributed by atoms with van der Waals surface area (Å²) in [6.07, 6.45) is -11.8. The van der Waals surface area contributed by atoms with Gasteiger partial charge in [0.1, 0.15) is 31.0 Å². The molecule has 14 nitrogen and oxygen atoms in total. The minimum Gasteiger partial charge on any atom is -0.460 e. The van der Waals surface area contributed by atoms with Crippen LogP contribution in [0.1, 0.15) is 81.1 Å². The number of hydrogen-bond donors (Lipinski definition) is 6. The minimum absolute atomic E-state index is 0.345. The molecule has 0 aromatic carbocycles. The summed E-state index contributed by atoms with van der Waals surface area (Å²) in [5, 5.41) is 58.5. The van der Waals surface area contributed by atoms with E-state index in [-0.39, 0.29) is 0 Å². The lowest BCUT2D eigenvalue weighted by Crippen LogP contribution is -2.48. The van der Waals surface area contributed by atoms with E-state index in [1.54, 1.807) is 55.4 Å². The van der Waals surface area contributed by atoms with Crippen LogP contribution in [0, 0.1) is 23.7 Å². The lowest BCUT2D eigenvalue weighted by molar-refractivity contribution is -0.194. The summed E-state index contributed by atoms with van der Waals surface area (Å²) in [6, 6.07) is 0. The molecule has 0 aliphatic carbocycles. The normalized spacial score (nSPS) is 19.9. The first-order valence-electron chi connectivity index (χ1n) is 15.3. The fourth-order valence-electron chi connectivity index (χ4n) is 3.78. The van der Waals surface area contributed by atoms with Crippen LogP contribution in [0.2, 0.25) is 0 Å². The number of aliphatic hydroxyl groups excluding tert-OH is 6. The molecule has 0 spiro atoms. The monoisotopic (exact) mass is 638 g/mol. The van der Waals surface area contributed by atoms with Crippen molar-refractivity contribution in [2.24, 2.45) is 23.7 Å². The van der Waals surface area contributed by atoms with Crippen LogP contribution in [-0.4, -0.2) is 117 Å². The average Bonchev–Trinajstić information content (AvgIpc) is 3.03. The molecule has 0 aliphatic rings. The Balaban J connectivity index is 5.85. The molecule has 258 valence electrons. The third-order valence-corrected chi connectivity index (χ3v) is 8.05. The fourth-order valence-corrected chi connectivity index (χ4v) is 3.78. The van der Waals surface area contributed by atoms with Gasteiger partial charge in [0, 0.05) is 17.8 Å². The lowest BCUT2D eigenvalue weighted by atomic mass is 9.98. The Hall–Kier alpha value is -2.36. The second-order valence-electron chi connectivity index (χ2n) is 11.5. The summed E-state index contributed by atoms with van der Waals surface area (Å²) in [5.74, 6) is -6.29. The number of rotatable bonds is 21. The largest absolute Gasteiger partial charge is 0.460 e. The second kappa shape index (κ2) is 20.6. The zero-order chi connectivity index (χ0) is 34.3. The van der Waals surface area contributed by atoms with Gasteiger partial charge in [-0.15, -0.1) is 0 Å². The number of aliphatic hydroxyl groups is 6. The first-order valence-corrected chi connectivity index (χ1v) is 15.3. The number of carbonyl (C=O) groups excluding carboxylic acids is 4. The molecule has 0 radical (unpaired) electrons. The van der Waals surface area contributed by atoms with Crippen molar-refractivity contribution in [3.8, 4) is 0 Å². The smallest absolute Gasteiger partial charge is 0.348 e. The van der Waals surface area contributed by atoms with Crippen LogP contribution in [0.25, 0.3) is 0 Å². The van der Waals surface area contributed by atoms with Crippen LogP contribution in [0.3, 0.4) is 0 Å². The summed E-state index contributed by atoms with van der Waals surface area (Å²) in [4.78, 5) is 52.1. The van der Waals surface area contributed by atoms with E-state index in [0.717, 1.165) is 0 Å². The number of carbonyl (C=O) groups is 4. The van der Waals surface area contributed by atoms with E-state index in [4.69, 9.17) is 24.1 Å². The maximum atomic E-state index is 13.3. The molecule has 0 amide bonds. The maximum Gasteiger partial charge on any atom is 0.348 e. The van der Waals surface area contributed by atoms with E-state index in [9.17, 15) is 44.7 Å². The molecule has 0 aliphatic heterocycles. The van der Waals surface area contributed by atoms with Gasteiger partial charge in [0.25, 0.3) is 0 Å². The molecule has 14 heteroatoms. The van der Waals surface area contributed by atoms with Crippen molar-refractivity contribution in [2.45, 2.75) is 130 Å². The van der Waals surface area contributed by atoms with E-state index < -0.39 is 110 Å². The van der Waals surface area contributed by atoms with Crippen LogP contribution in [-0.2, 0) is 38.1 Å². The summed E-state index contributed by atoms with van der Waals surface area (Å²) >= 11 is 0. The summed E-state index contributed by atoms with van der Waals surface area (Å²) in [6.45, 7) is 11.8. The Morgan fingerprint density at radius 3 is 1.23 bits per heavy atom. The Morgan fingerprint density at radius 1 is 0.523 bits per heavy atom. The Labute approximate surface area is 259 Å². The zero-order valence-electron chi connectivity index (χ0n) is 27.1. The predicted molar refractivity (Wildman–Crippen MR) is 156 cm³/mol. The van der Waals surface area contributed by atoms with E-state index >= 15 is 0 Å². The van der Waals surface area contributed by atoms with Crippen molar-refractivity contribution in [1.29, 1.82) is 0 Å². The molecule has 0 aromatic heterocycles. The van der Waals surface area contributed by atoms with Crippen LogP contribution < -0.4 is 0 Å². The van der Waals surface area contributed by atoms with Gasteiger partial charge in [0.05, 0.1) is 6.61 Å². The highest BCUT2D eigenvalue weighted by Crippen LogP contribution is 2.23. The number of ether oxygens (including phenoxy) is 4. The van der Waals surface area contributed by atoms with Crippen molar-refractivity contribution >= 4 is 23.9 Å². The standard InChI is InChI=1S/C30H54O14/c1-9-15(5)21(34)27(37)42-25(17(7)11-3)29(39)44-26(18(8)12-4)30(40)43-24(16(6)10-2)28(38)41-14-20(33)23(36)22(35)19(32)13-31/h15-26,31-36H,9-14H2,1-8H3/t15-,16+,17+,18+,19+,20-,21-,22+,23-,24-,25-,26-/m0/s1. The van der Waals surface area contributed by atoms with Gasteiger partial charge in [-0.3, -0.25) is 0 Å². The molecule has 44 heavy (non-hydrogen) atoms. The molecule has 0 rings (SSSR count). The van der Waals surface area contributed by atoms with Crippen molar-refractivity contribution in [2.75, 3.05) is 13.2 Å². The molecule has 0 unspecified atom stereocenters. The van der Waals surface area contributed by atoms with Crippen molar-refractivity contribution < 1.29 is 68.8 Å². The summed E-state index contributed by atoms with van der Waals surface area (Å²) < 4.78 is 21.4. The number of esters is 4. The first kappa shape index (κ1) is 41.6. The Bertz CT molecular complexity index is 882. The lowest BCUT2D eigenvalue weighted by Gasteiger charge is -2.29. The van der Waals surface area contributed by atoms with Crippen molar-refractivity contribution in [1.82, 2.24) is 0 Å². The van der Waals surface area contributed by atoms with Crippen LogP contribution in [0.15, 0.2) is 0 Å². The topological polar surface area (TPSA) is 227 Å². The highest BCUT2D eigenvalue weighted by atomic mass is 16.6. The van der Waals surface area contributed by atoms with Gasteiger partial charge in [-0.2, -0.15) is 0 Å². The molecule has 0 saturated heterocycles. The zero-order valence-corrected chi connectivity index (χ0v) is 27.1. The van der Waals surface area contributed by atoms with Gasteiger partial charge in [-0.05, 0) is 25.2 Å². The van der Waals surface area contributed by atoms with E-state index in [1.807, 2.05) is 0 Å². The first-order chi connectivity index (χ1) is 20.5. The summed E-state index contributed by atoms with van der Waals surface area (Å²) in [5.41, 5.74) is 0. The molecule has 0 fully saturated rings. The SMILES string of the molecule is CC[C@@H](C)[C@H](OC(=O)[C@@H](O)[C@@H](C)CC)C(=O)O[C@H](C(=O)O[C@H](C(=O)OC[C@H](O)[C@H](O)[C@H](O)[C@H](O)CO)[C@H](C)CC)[C@H](C)CC. The highest BCUT2D eigenvalue weighted by Gasteiger charge is 2.40. The molecule has 0 saturated carbocycles. The molecular formula is C30H54O14. The second-order valence-corrected chi connectivity index (χ2v) is 11.5. The van der Waals surface area contributed by atoms with Gasteiger partial charge in [-0.1, -0.05) is 61.8 Å². The van der Waals surface area contributed by atoms with Gasteiger partial charge < -0.3 is 49.6 Å². The quantitative estimate of drug-likeness (QED) is 0.0732. The van der Waals surface area contributed by atoms with Gasteiger partial charge >= 0.3 is 23.9 Å².